The summed E-state index contributed by atoms with van der Waals surface area (Å²) in [4.78, 5) is 16.6. The Bertz CT molecular complexity index is 719. The third kappa shape index (κ3) is 4.01. The fourth-order valence-corrected chi connectivity index (χ4v) is 3.27. The van der Waals surface area contributed by atoms with E-state index in [2.05, 4.69) is 22.3 Å². The van der Waals surface area contributed by atoms with Gasteiger partial charge in [-0.05, 0) is 55.3 Å². The molecule has 0 saturated carbocycles. The number of urea groups is 1. The molecule has 3 rings (SSSR count). The lowest BCUT2D eigenvalue weighted by Gasteiger charge is -2.36. The van der Waals surface area contributed by atoms with Crippen LogP contribution in [0, 0.1) is 13.8 Å². The Labute approximate surface area is 148 Å². The van der Waals surface area contributed by atoms with Gasteiger partial charge in [0.15, 0.2) is 0 Å². The smallest absolute Gasteiger partial charge is 0.321 e. The molecular weight excluding hydrogens is 322 g/mol. The number of piperazine rings is 1. The van der Waals surface area contributed by atoms with Crippen LogP contribution in [0.15, 0.2) is 42.5 Å². The second-order valence-electron chi connectivity index (χ2n) is 6.26. The van der Waals surface area contributed by atoms with Gasteiger partial charge >= 0.3 is 6.03 Å². The number of nitrogens with zero attached hydrogens (tertiary/aromatic N) is 2. The summed E-state index contributed by atoms with van der Waals surface area (Å²) in [5, 5.41) is 3.74. The van der Waals surface area contributed by atoms with E-state index >= 15 is 0 Å². The molecule has 126 valence electrons. The number of aryl methyl sites for hydroxylation is 2. The maximum Gasteiger partial charge on any atom is 0.321 e. The number of carbonyl (C=O) groups excluding carboxylic acids is 1. The average Bonchev–Trinajstić information content (AvgIpc) is 2.54. The zero-order valence-electron chi connectivity index (χ0n) is 14.1. The molecular formula is C19H22ClN3O. The topological polar surface area (TPSA) is 35.6 Å². The minimum atomic E-state index is -0.0363. The van der Waals surface area contributed by atoms with Gasteiger partial charge in [-0.2, -0.15) is 0 Å². The van der Waals surface area contributed by atoms with Gasteiger partial charge in [-0.1, -0.05) is 23.7 Å². The Hall–Kier alpha value is -2.20. The second kappa shape index (κ2) is 7.14. The number of benzene rings is 2. The van der Waals surface area contributed by atoms with Crippen LogP contribution in [0.3, 0.4) is 0 Å². The molecule has 1 fully saturated rings. The van der Waals surface area contributed by atoms with Gasteiger partial charge in [0.1, 0.15) is 0 Å². The molecule has 0 atom stereocenters. The van der Waals surface area contributed by atoms with Crippen molar-refractivity contribution < 1.29 is 4.79 Å². The molecule has 1 heterocycles. The summed E-state index contributed by atoms with van der Waals surface area (Å²) in [6.07, 6.45) is 0. The molecule has 0 bridgehead atoms. The van der Waals surface area contributed by atoms with Crippen molar-refractivity contribution >= 4 is 29.0 Å². The van der Waals surface area contributed by atoms with Crippen LogP contribution in [0.1, 0.15) is 11.1 Å². The number of amides is 2. The van der Waals surface area contributed by atoms with E-state index in [-0.39, 0.29) is 6.03 Å². The van der Waals surface area contributed by atoms with Crippen molar-refractivity contribution in [1.82, 2.24) is 4.90 Å². The van der Waals surface area contributed by atoms with Crippen LogP contribution in [-0.4, -0.2) is 37.1 Å². The van der Waals surface area contributed by atoms with Gasteiger partial charge in [0.05, 0.1) is 0 Å². The SMILES string of the molecule is Cc1cc(C)cc(NC(=O)N2CCN(c3cccc(Cl)c3)CC2)c1. The molecule has 0 unspecified atom stereocenters. The molecule has 1 aliphatic rings. The van der Waals surface area contributed by atoms with Gasteiger partial charge < -0.3 is 15.1 Å². The molecule has 0 spiro atoms. The zero-order chi connectivity index (χ0) is 17.1. The van der Waals surface area contributed by atoms with Gasteiger partial charge in [0.25, 0.3) is 0 Å². The summed E-state index contributed by atoms with van der Waals surface area (Å²) in [6, 6.07) is 13.9. The highest BCUT2D eigenvalue weighted by Crippen LogP contribution is 2.21. The van der Waals surface area contributed by atoms with Crippen molar-refractivity contribution in [3.63, 3.8) is 0 Å². The number of rotatable bonds is 2. The molecule has 2 amide bonds. The van der Waals surface area contributed by atoms with Gasteiger partial charge in [-0.3, -0.25) is 0 Å². The fourth-order valence-electron chi connectivity index (χ4n) is 3.09. The Morgan fingerprint density at radius 2 is 1.67 bits per heavy atom. The maximum atomic E-state index is 12.5. The minimum Gasteiger partial charge on any atom is -0.368 e. The van der Waals surface area contributed by atoms with Gasteiger partial charge in [0.2, 0.25) is 0 Å². The Morgan fingerprint density at radius 3 is 2.29 bits per heavy atom. The largest absolute Gasteiger partial charge is 0.368 e. The molecule has 0 aliphatic carbocycles. The summed E-state index contributed by atoms with van der Waals surface area (Å²) < 4.78 is 0. The van der Waals surface area contributed by atoms with Gasteiger partial charge in [0, 0.05) is 42.6 Å². The molecule has 4 nitrogen and oxygen atoms in total. The predicted octanol–water partition coefficient (Wildman–Crippen LogP) is 4.31. The first kappa shape index (κ1) is 16.7. The number of hydrogen-bond acceptors (Lipinski definition) is 2. The highest BCUT2D eigenvalue weighted by molar-refractivity contribution is 6.30. The Kier molecular flexibility index (Phi) is 4.95. The number of anilines is 2. The standard InChI is InChI=1S/C19H22ClN3O/c1-14-10-15(2)12-17(11-14)21-19(24)23-8-6-22(7-9-23)18-5-3-4-16(20)13-18/h3-5,10-13H,6-9H2,1-2H3,(H,21,24). The molecule has 1 saturated heterocycles. The molecule has 0 radical (unpaired) electrons. The van der Waals surface area contributed by atoms with Crippen molar-refractivity contribution in [2.75, 3.05) is 36.4 Å². The molecule has 5 heteroatoms. The third-order valence-electron chi connectivity index (χ3n) is 4.21. The van der Waals surface area contributed by atoms with E-state index in [1.807, 2.05) is 49.1 Å². The summed E-state index contributed by atoms with van der Waals surface area (Å²) >= 11 is 6.06. The first-order valence-corrected chi connectivity index (χ1v) is 8.54. The second-order valence-corrected chi connectivity index (χ2v) is 6.70. The van der Waals surface area contributed by atoms with Crippen molar-refractivity contribution in [2.45, 2.75) is 13.8 Å². The monoisotopic (exact) mass is 343 g/mol. The van der Waals surface area contributed by atoms with E-state index in [1.165, 1.54) is 0 Å². The maximum absolute atomic E-state index is 12.5. The van der Waals surface area contributed by atoms with E-state index in [1.54, 1.807) is 0 Å². The van der Waals surface area contributed by atoms with Crippen molar-refractivity contribution in [3.8, 4) is 0 Å². The van der Waals surface area contributed by atoms with Crippen LogP contribution in [0.25, 0.3) is 0 Å². The van der Waals surface area contributed by atoms with Crippen LogP contribution < -0.4 is 10.2 Å². The summed E-state index contributed by atoms with van der Waals surface area (Å²) in [7, 11) is 0. The molecule has 2 aromatic carbocycles. The van der Waals surface area contributed by atoms with Crippen LogP contribution >= 0.6 is 11.6 Å². The van der Waals surface area contributed by atoms with Crippen LogP contribution in [0.2, 0.25) is 5.02 Å². The average molecular weight is 344 g/mol. The van der Waals surface area contributed by atoms with E-state index in [0.29, 0.717) is 13.1 Å². The Balaban J connectivity index is 1.59. The molecule has 0 aromatic heterocycles. The highest BCUT2D eigenvalue weighted by atomic mass is 35.5. The highest BCUT2D eigenvalue weighted by Gasteiger charge is 2.21. The predicted molar refractivity (Wildman–Crippen MR) is 100 cm³/mol. The number of hydrogen-bond donors (Lipinski definition) is 1. The first-order chi connectivity index (χ1) is 11.5. The third-order valence-corrected chi connectivity index (χ3v) is 4.45. The normalized spacial score (nSPS) is 14.6. The lowest BCUT2D eigenvalue weighted by Crippen LogP contribution is -2.50. The van der Waals surface area contributed by atoms with Crippen molar-refractivity contribution in [1.29, 1.82) is 0 Å². The quantitative estimate of drug-likeness (QED) is 0.881. The fraction of sp³-hybridized carbons (Fsp3) is 0.316. The van der Waals surface area contributed by atoms with Crippen molar-refractivity contribution in [3.05, 3.63) is 58.6 Å². The van der Waals surface area contributed by atoms with E-state index < -0.39 is 0 Å². The van der Waals surface area contributed by atoms with E-state index in [4.69, 9.17) is 11.6 Å². The number of nitrogens with one attached hydrogen (secondary N) is 1. The summed E-state index contributed by atoms with van der Waals surface area (Å²) in [6.45, 7) is 7.08. The lowest BCUT2D eigenvalue weighted by atomic mass is 10.1. The first-order valence-electron chi connectivity index (χ1n) is 8.16. The van der Waals surface area contributed by atoms with Crippen LogP contribution in [0.5, 0.6) is 0 Å². The Morgan fingerprint density at radius 1 is 1.00 bits per heavy atom. The zero-order valence-corrected chi connectivity index (χ0v) is 14.8. The number of halogens is 1. The minimum absolute atomic E-state index is 0.0363. The van der Waals surface area contributed by atoms with Crippen LogP contribution in [-0.2, 0) is 0 Å². The molecule has 24 heavy (non-hydrogen) atoms. The van der Waals surface area contributed by atoms with Gasteiger partial charge in [-0.15, -0.1) is 0 Å². The molecule has 2 aromatic rings. The molecule has 1 N–H and O–H groups in total. The van der Waals surface area contributed by atoms with E-state index in [9.17, 15) is 4.79 Å². The number of carbonyl (C=O) groups is 1. The summed E-state index contributed by atoms with van der Waals surface area (Å²) in [5.74, 6) is 0. The summed E-state index contributed by atoms with van der Waals surface area (Å²) in [5.41, 5.74) is 4.26. The lowest BCUT2D eigenvalue weighted by molar-refractivity contribution is 0.208. The van der Waals surface area contributed by atoms with E-state index in [0.717, 1.165) is 40.6 Å². The van der Waals surface area contributed by atoms with Crippen LogP contribution in [0.4, 0.5) is 16.2 Å². The molecule has 1 aliphatic heterocycles. The van der Waals surface area contributed by atoms with Crippen molar-refractivity contribution in [2.24, 2.45) is 0 Å². The van der Waals surface area contributed by atoms with Gasteiger partial charge in [-0.25, -0.2) is 4.79 Å².